The molecular formula is C17H19ClN2O5S. The minimum atomic E-state index is -1.20. The maximum Gasteiger partial charge on any atom is 0.255 e. The number of nitrogens with one attached hydrogen (secondary N) is 1. The first-order valence-electron chi connectivity index (χ1n) is 7.56. The topological polar surface area (TPSA) is 111 Å². The van der Waals surface area contributed by atoms with Gasteiger partial charge in [0.05, 0.1) is 18.7 Å². The predicted octanol–water partition coefficient (Wildman–Crippen LogP) is 1.91. The summed E-state index contributed by atoms with van der Waals surface area (Å²) in [5.74, 6) is -0.800. The van der Waals surface area contributed by atoms with E-state index < -0.39 is 17.4 Å². The molecule has 0 saturated heterocycles. The lowest BCUT2D eigenvalue weighted by Gasteiger charge is -2.23. The van der Waals surface area contributed by atoms with Crippen LogP contribution < -0.4 is 20.5 Å². The predicted molar refractivity (Wildman–Crippen MR) is 98.9 cm³/mol. The van der Waals surface area contributed by atoms with Gasteiger partial charge in [0.15, 0.2) is 18.1 Å². The first-order valence-corrected chi connectivity index (χ1v) is 8.88. The number of aliphatic hydroxyl groups is 1. The van der Waals surface area contributed by atoms with Gasteiger partial charge in [0, 0.05) is 5.56 Å². The van der Waals surface area contributed by atoms with Crippen molar-refractivity contribution in [2.45, 2.75) is 12.5 Å². The van der Waals surface area contributed by atoms with Crippen molar-refractivity contribution in [3.63, 3.8) is 0 Å². The van der Waals surface area contributed by atoms with Crippen LogP contribution in [-0.2, 0) is 10.4 Å². The molecule has 2 amide bonds. The Kier molecular flexibility index (Phi) is 6.47. The Morgan fingerprint density at radius 2 is 2.15 bits per heavy atom. The van der Waals surface area contributed by atoms with Crippen LogP contribution in [0.4, 0.5) is 0 Å². The van der Waals surface area contributed by atoms with Gasteiger partial charge in [0.25, 0.3) is 11.8 Å². The quantitative estimate of drug-likeness (QED) is 0.629. The third-order valence-electron chi connectivity index (χ3n) is 3.59. The van der Waals surface area contributed by atoms with Gasteiger partial charge in [-0.3, -0.25) is 9.59 Å². The van der Waals surface area contributed by atoms with Crippen molar-refractivity contribution in [3.8, 4) is 11.5 Å². The average molecular weight is 399 g/mol. The van der Waals surface area contributed by atoms with Gasteiger partial charge < -0.3 is 25.6 Å². The second-order valence-electron chi connectivity index (χ2n) is 5.71. The summed E-state index contributed by atoms with van der Waals surface area (Å²) in [7, 11) is 1.38. The minimum Gasteiger partial charge on any atom is -0.493 e. The van der Waals surface area contributed by atoms with Crippen molar-refractivity contribution >= 4 is 34.8 Å². The Morgan fingerprint density at radius 3 is 2.73 bits per heavy atom. The molecular weight excluding hydrogens is 380 g/mol. The molecule has 0 aliphatic carbocycles. The number of primary amides is 1. The van der Waals surface area contributed by atoms with E-state index in [4.69, 9.17) is 26.8 Å². The molecule has 0 radical (unpaired) electrons. The zero-order chi connectivity index (χ0) is 19.3. The van der Waals surface area contributed by atoms with Crippen molar-refractivity contribution in [1.29, 1.82) is 0 Å². The second-order valence-corrected chi connectivity index (χ2v) is 6.90. The first kappa shape index (κ1) is 20.0. The van der Waals surface area contributed by atoms with E-state index in [0.717, 1.165) is 0 Å². The molecule has 0 bridgehead atoms. The van der Waals surface area contributed by atoms with Crippen LogP contribution in [0.2, 0.25) is 5.02 Å². The lowest BCUT2D eigenvalue weighted by Crippen LogP contribution is -2.38. The van der Waals surface area contributed by atoms with E-state index in [0.29, 0.717) is 5.56 Å². The van der Waals surface area contributed by atoms with Gasteiger partial charge >= 0.3 is 0 Å². The fourth-order valence-corrected chi connectivity index (χ4v) is 3.21. The Morgan fingerprint density at radius 1 is 1.42 bits per heavy atom. The number of carbonyl (C=O) groups is 2. The molecule has 1 heterocycles. The summed E-state index contributed by atoms with van der Waals surface area (Å²) in [5, 5.41) is 16.9. The Bertz CT molecular complexity index is 793. The van der Waals surface area contributed by atoms with Crippen LogP contribution in [0, 0.1) is 0 Å². The molecule has 7 nitrogen and oxygen atoms in total. The van der Waals surface area contributed by atoms with E-state index in [9.17, 15) is 14.7 Å². The molecule has 26 heavy (non-hydrogen) atoms. The Hall–Kier alpha value is -2.29. The normalized spacial score (nSPS) is 12.9. The highest BCUT2D eigenvalue weighted by Gasteiger charge is 2.25. The number of carbonyl (C=O) groups excluding carboxylic acids is 2. The molecule has 2 rings (SSSR count). The maximum absolute atomic E-state index is 12.4. The lowest BCUT2D eigenvalue weighted by atomic mass is 9.99. The SMILES string of the molecule is COc1cc(C(=O)NCC(C)(O)c2ccsc2)cc(Cl)c1OCC(N)=O. The summed E-state index contributed by atoms with van der Waals surface area (Å²) >= 11 is 7.59. The highest BCUT2D eigenvalue weighted by molar-refractivity contribution is 7.08. The lowest BCUT2D eigenvalue weighted by molar-refractivity contribution is -0.119. The van der Waals surface area contributed by atoms with Crippen molar-refractivity contribution < 1.29 is 24.2 Å². The number of benzene rings is 1. The molecule has 0 spiro atoms. The summed E-state index contributed by atoms with van der Waals surface area (Å²) in [6.45, 7) is 1.26. The number of amides is 2. The fourth-order valence-electron chi connectivity index (χ4n) is 2.16. The Labute approximate surface area is 159 Å². The number of rotatable bonds is 8. The monoisotopic (exact) mass is 398 g/mol. The summed E-state index contributed by atoms with van der Waals surface area (Å²) in [5.41, 5.74) is 4.78. The van der Waals surface area contributed by atoms with Gasteiger partial charge in [-0.1, -0.05) is 11.6 Å². The third-order valence-corrected chi connectivity index (χ3v) is 4.55. The van der Waals surface area contributed by atoms with E-state index in [1.807, 2.05) is 10.8 Å². The number of hydrogen-bond acceptors (Lipinski definition) is 6. The molecule has 1 aromatic heterocycles. The van der Waals surface area contributed by atoms with Crippen molar-refractivity contribution in [1.82, 2.24) is 5.32 Å². The standard InChI is InChI=1S/C17H19ClN2O5S/c1-17(23,11-3-4-26-8-11)9-20-16(22)10-5-12(18)15(13(6-10)24-2)25-7-14(19)21/h3-6,8,23H,7,9H2,1-2H3,(H2,19,21)(H,20,22). The zero-order valence-electron chi connectivity index (χ0n) is 14.2. The molecule has 4 N–H and O–H groups in total. The van der Waals surface area contributed by atoms with Crippen LogP contribution in [0.15, 0.2) is 29.0 Å². The van der Waals surface area contributed by atoms with Gasteiger partial charge in [0.1, 0.15) is 5.60 Å². The summed E-state index contributed by atoms with van der Waals surface area (Å²) in [6.07, 6.45) is 0. The fraction of sp³-hybridized carbons (Fsp3) is 0.294. The molecule has 0 aliphatic rings. The number of thiophene rings is 1. The van der Waals surface area contributed by atoms with Crippen LogP contribution in [-0.4, -0.2) is 37.2 Å². The molecule has 0 aliphatic heterocycles. The van der Waals surface area contributed by atoms with Crippen molar-refractivity contribution in [3.05, 3.63) is 45.1 Å². The molecule has 1 aromatic carbocycles. The van der Waals surface area contributed by atoms with Crippen LogP contribution in [0.1, 0.15) is 22.8 Å². The average Bonchev–Trinajstić information content (AvgIpc) is 3.13. The smallest absolute Gasteiger partial charge is 0.255 e. The third kappa shape index (κ3) is 4.87. The molecule has 140 valence electrons. The van der Waals surface area contributed by atoms with E-state index in [-0.39, 0.29) is 35.2 Å². The largest absolute Gasteiger partial charge is 0.493 e. The van der Waals surface area contributed by atoms with Gasteiger partial charge in [-0.2, -0.15) is 11.3 Å². The van der Waals surface area contributed by atoms with Crippen LogP contribution >= 0.6 is 22.9 Å². The van der Waals surface area contributed by atoms with Gasteiger partial charge in [-0.05, 0) is 41.4 Å². The number of hydrogen-bond donors (Lipinski definition) is 3. The number of methoxy groups -OCH3 is 1. The molecule has 1 unspecified atom stereocenters. The summed E-state index contributed by atoms with van der Waals surface area (Å²) < 4.78 is 10.4. The molecule has 2 aromatic rings. The number of ether oxygens (including phenoxy) is 2. The maximum atomic E-state index is 12.4. The van der Waals surface area contributed by atoms with Crippen molar-refractivity contribution in [2.24, 2.45) is 5.73 Å². The summed E-state index contributed by atoms with van der Waals surface area (Å²) in [6, 6.07) is 4.60. The van der Waals surface area contributed by atoms with Crippen molar-refractivity contribution in [2.75, 3.05) is 20.3 Å². The van der Waals surface area contributed by atoms with Crippen LogP contribution in [0.25, 0.3) is 0 Å². The van der Waals surface area contributed by atoms with Gasteiger partial charge in [0.2, 0.25) is 0 Å². The van der Waals surface area contributed by atoms with E-state index >= 15 is 0 Å². The van der Waals surface area contributed by atoms with Crippen LogP contribution in [0.3, 0.4) is 0 Å². The number of nitrogens with two attached hydrogens (primary N) is 1. The second kappa shape index (κ2) is 8.39. The van der Waals surface area contributed by atoms with E-state index in [2.05, 4.69) is 5.32 Å². The number of halogens is 1. The highest BCUT2D eigenvalue weighted by Crippen LogP contribution is 2.36. The molecule has 9 heteroatoms. The first-order chi connectivity index (χ1) is 12.2. The molecule has 0 fully saturated rings. The minimum absolute atomic E-state index is 0.0163. The van der Waals surface area contributed by atoms with Gasteiger partial charge in [-0.15, -0.1) is 0 Å². The zero-order valence-corrected chi connectivity index (χ0v) is 15.8. The van der Waals surface area contributed by atoms with E-state index in [1.165, 1.54) is 30.6 Å². The van der Waals surface area contributed by atoms with Crippen LogP contribution in [0.5, 0.6) is 11.5 Å². The highest BCUT2D eigenvalue weighted by atomic mass is 35.5. The van der Waals surface area contributed by atoms with E-state index in [1.54, 1.807) is 13.0 Å². The Balaban J connectivity index is 2.13. The molecule has 1 atom stereocenters. The molecule has 0 saturated carbocycles. The van der Waals surface area contributed by atoms with Gasteiger partial charge in [-0.25, -0.2) is 0 Å². The summed E-state index contributed by atoms with van der Waals surface area (Å²) in [4.78, 5) is 23.3.